The number of nitrogens with one attached hydrogen (secondary N) is 2. The summed E-state index contributed by atoms with van der Waals surface area (Å²) in [5.41, 5.74) is 1.94. The summed E-state index contributed by atoms with van der Waals surface area (Å²) in [6.45, 7) is 1.77. The average molecular weight is 299 g/mol. The molecule has 0 bridgehead atoms. The summed E-state index contributed by atoms with van der Waals surface area (Å²) in [5, 5.41) is 22.1. The van der Waals surface area contributed by atoms with Crippen molar-refractivity contribution in [2.24, 2.45) is 0 Å². The normalized spacial score (nSPS) is 10.2. The average Bonchev–Trinajstić information content (AvgIpc) is 2.96. The van der Waals surface area contributed by atoms with E-state index in [1.807, 2.05) is 0 Å². The van der Waals surface area contributed by atoms with Crippen LogP contribution in [0.1, 0.15) is 20.4 Å². The Hall–Kier alpha value is -2.07. The number of rotatable bonds is 4. The van der Waals surface area contributed by atoms with E-state index in [-0.39, 0.29) is 11.4 Å². The van der Waals surface area contributed by atoms with Gasteiger partial charge in [-0.3, -0.25) is 5.32 Å². The van der Waals surface area contributed by atoms with E-state index in [4.69, 9.17) is 5.11 Å². The van der Waals surface area contributed by atoms with Gasteiger partial charge in [0.1, 0.15) is 15.4 Å². The molecule has 19 heavy (non-hydrogen) atoms. The molecule has 100 valence electrons. The number of carboxylic acid groups (broad SMARTS) is 1. The highest BCUT2D eigenvalue weighted by molar-refractivity contribution is 7.13. The maximum Gasteiger partial charge on any atom is 0.347 e. The number of aromatic carboxylic acids is 1. The maximum atomic E-state index is 11.5. The highest BCUT2D eigenvalue weighted by atomic mass is 32.1. The Morgan fingerprint density at radius 2 is 2.26 bits per heavy atom. The highest BCUT2D eigenvalue weighted by Gasteiger charge is 2.14. The molecule has 0 saturated heterocycles. The van der Waals surface area contributed by atoms with Crippen LogP contribution in [-0.2, 0) is 6.54 Å². The number of hydrogen-bond acceptors (Lipinski definition) is 7. The van der Waals surface area contributed by atoms with Gasteiger partial charge >= 0.3 is 12.0 Å². The van der Waals surface area contributed by atoms with Crippen molar-refractivity contribution in [3.63, 3.8) is 0 Å². The van der Waals surface area contributed by atoms with Crippen LogP contribution in [0.25, 0.3) is 0 Å². The second-order valence-corrected chi connectivity index (χ2v) is 5.30. The molecule has 0 aromatic carbocycles. The lowest BCUT2D eigenvalue weighted by atomic mass is 10.4. The molecule has 3 N–H and O–H groups in total. The van der Waals surface area contributed by atoms with Crippen LogP contribution in [0.15, 0.2) is 5.51 Å². The fraction of sp³-hybridized carbons (Fsp3) is 0.222. The molecule has 0 aliphatic carbocycles. The van der Waals surface area contributed by atoms with Gasteiger partial charge in [-0.15, -0.1) is 21.5 Å². The molecule has 8 nitrogen and oxygen atoms in total. The first kappa shape index (κ1) is 13.4. The zero-order chi connectivity index (χ0) is 13.8. The first-order valence-corrected chi connectivity index (χ1v) is 6.76. The number of carbonyl (C=O) groups is 2. The van der Waals surface area contributed by atoms with Gasteiger partial charge in [-0.25, -0.2) is 14.6 Å². The summed E-state index contributed by atoms with van der Waals surface area (Å²) in [5.74, 6) is -1.01. The SMILES string of the molecule is Cc1nc(CNC(=O)Nc2nncs2)sc1C(=O)O. The van der Waals surface area contributed by atoms with Crippen LogP contribution in [0.4, 0.5) is 9.93 Å². The van der Waals surface area contributed by atoms with Crippen molar-refractivity contribution in [3.05, 3.63) is 21.1 Å². The Kier molecular flexibility index (Phi) is 4.02. The lowest BCUT2D eigenvalue weighted by molar-refractivity contribution is 0.0701. The van der Waals surface area contributed by atoms with Crippen LogP contribution in [0.3, 0.4) is 0 Å². The molecule has 2 amide bonds. The van der Waals surface area contributed by atoms with E-state index >= 15 is 0 Å². The van der Waals surface area contributed by atoms with E-state index in [9.17, 15) is 9.59 Å². The maximum absolute atomic E-state index is 11.5. The monoisotopic (exact) mass is 299 g/mol. The van der Waals surface area contributed by atoms with E-state index in [2.05, 4.69) is 25.8 Å². The number of carbonyl (C=O) groups excluding carboxylic acids is 1. The number of anilines is 1. The van der Waals surface area contributed by atoms with E-state index < -0.39 is 12.0 Å². The predicted octanol–water partition coefficient (Wildman–Crippen LogP) is 1.32. The van der Waals surface area contributed by atoms with Crippen molar-refractivity contribution >= 4 is 39.8 Å². The number of urea groups is 1. The van der Waals surface area contributed by atoms with Gasteiger partial charge < -0.3 is 10.4 Å². The minimum absolute atomic E-state index is 0.156. The van der Waals surface area contributed by atoms with E-state index in [0.29, 0.717) is 15.8 Å². The Labute approximate surface area is 115 Å². The molecule has 0 fully saturated rings. The van der Waals surface area contributed by atoms with Crippen LogP contribution in [0.2, 0.25) is 0 Å². The zero-order valence-corrected chi connectivity index (χ0v) is 11.3. The summed E-state index contributed by atoms with van der Waals surface area (Å²) in [4.78, 5) is 26.6. The Morgan fingerprint density at radius 3 is 2.84 bits per heavy atom. The second kappa shape index (κ2) is 5.71. The third kappa shape index (κ3) is 3.45. The van der Waals surface area contributed by atoms with Crippen molar-refractivity contribution in [1.29, 1.82) is 0 Å². The van der Waals surface area contributed by atoms with Gasteiger partial charge in [0.2, 0.25) is 5.13 Å². The van der Waals surface area contributed by atoms with E-state index in [0.717, 1.165) is 11.3 Å². The van der Waals surface area contributed by atoms with Gasteiger partial charge in [-0.05, 0) is 6.92 Å². The number of hydrogen-bond donors (Lipinski definition) is 3. The third-order valence-corrected chi connectivity index (χ3v) is 3.77. The van der Waals surface area contributed by atoms with Gasteiger partial charge in [-0.1, -0.05) is 11.3 Å². The molecule has 2 aromatic rings. The Bertz CT molecular complexity index is 595. The summed E-state index contributed by atoms with van der Waals surface area (Å²) >= 11 is 2.24. The van der Waals surface area contributed by atoms with Gasteiger partial charge in [0.05, 0.1) is 12.2 Å². The molecule has 2 rings (SSSR count). The highest BCUT2D eigenvalue weighted by Crippen LogP contribution is 2.17. The summed E-state index contributed by atoms with van der Waals surface area (Å²) in [7, 11) is 0. The smallest absolute Gasteiger partial charge is 0.347 e. The third-order valence-electron chi connectivity index (χ3n) is 2.02. The van der Waals surface area contributed by atoms with Crippen molar-refractivity contribution < 1.29 is 14.7 Å². The first-order chi connectivity index (χ1) is 9.06. The number of nitrogens with zero attached hydrogens (tertiary/aromatic N) is 3. The largest absolute Gasteiger partial charge is 0.477 e. The number of aryl methyl sites for hydroxylation is 1. The Morgan fingerprint density at radius 1 is 1.47 bits per heavy atom. The predicted molar refractivity (Wildman–Crippen MR) is 69.6 cm³/mol. The lowest BCUT2D eigenvalue weighted by Crippen LogP contribution is -2.28. The Balaban J connectivity index is 1.90. The molecule has 10 heteroatoms. The molecule has 2 aromatic heterocycles. The zero-order valence-electron chi connectivity index (χ0n) is 9.71. The summed E-state index contributed by atoms with van der Waals surface area (Å²) in [6, 6.07) is -0.443. The number of carboxylic acids is 1. The molecule has 0 atom stereocenters. The standard InChI is InChI=1S/C9H9N5O3S2/c1-4-6(7(15)16)19-5(12-4)2-10-8(17)13-9-14-11-3-18-9/h3H,2H2,1H3,(H,15,16)(H2,10,13,14,17). The van der Waals surface area contributed by atoms with Crippen LogP contribution in [-0.4, -0.2) is 32.3 Å². The van der Waals surface area contributed by atoms with E-state index in [1.165, 1.54) is 16.8 Å². The molecule has 0 spiro atoms. The molecular formula is C9H9N5O3S2. The van der Waals surface area contributed by atoms with Gasteiger partial charge in [0.25, 0.3) is 0 Å². The van der Waals surface area contributed by atoms with E-state index in [1.54, 1.807) is 6.92 Å². The quantitative estimate of drug-likeness (QED) is 0.784. The number of amides is 2. The van der Waals surface area contributed by atoms with Crippen molar-refractivity contribution in [1.82, 2.24) is 20.5 Å². The number of thiazole rings is 1. The molecule has 0 aliphatic heterocycles. The van der Waals surface area contributed by atoms with Gasteiger partial charge in [0.15, 0.2) is 0 Å². The van der Waals surface area contributed by atoms with Crippen LogP contribution >= 0.6 is 22.7 Å². The van der Waals surface area contributed by atoms with Gasteiger partial charge in [-0.2, -0.15) is 0 Å². The lowest BCUT2D eigenvalue weighted by Gasteiger charge is -2.02. The molecule has 0 aliphatic rings. The number of aromatic nitrogens is 3. The molecule has 0 saturated carbocycles. The fourth-order valence-corrected chi connectivity index (χ4v) is 2.53. The minimum atomic E-state index is -1.01. The molecule has 2 heterocycles. The topological polar surface area (TPSA) is 117 Å². The van der Waals surface area contributed by atoms with Crippen LogP contribution in [0.5, 0.6) is 0 Å². The fourth-order valence-electron chi connectivity index (χ4n) is 1.25. The molecular weight excluding hydrogens is 290 g/mol. The second-order valence-electron chi connectivity index (χ2n) is 3.38. The van der Waals surface area contributed by atoms with Crippen molar-refractivity contribution in [2.75, 3.05) is 5.32 Å². The summed E-state index contributed by atoms with van der Waals surface area (Å²) < 4.78 is 0. The summed E-state index contributed by atoms with van der Waals surface area (Å²) in [6.07, 6.45) is 0. The molecule has 0 radical (unpaired) electrons. The van der Waals surface area contributed by atoms with Crippen molar-refractivity contribution in [2.45, 2.75) is 13.5 Å². The minimum Gasteiger partial charge on any atom is -0.477 e. The van der Waals surface area contributed by atoms with Crippen LogP contribution < -0.4 is 10.6 Å². The van der Waals surface area contributed by atoms with Crippen molar-refractivity contribution in [3.8, 4) is 0 Å². The first-order valence-electron chi connectivity index (χ1n) is 5.07. The van der Waals surface area contributed by atoms with Gasteiger partial charge in [0, 0.05) is 0 Å². The molecule has 0 unspecified atom stereocenters. The van der Waals surface area contributed by atoms with Crippen LogP contribution in [0, 0.1) is 6.92 Å².